The van der Waals surface area contributed by atoms with E-state index < -0.39 is 11.7 Å². The van der Waals surface area contributed by atoms with Gasteiger partial charge in [-0.1, -0.05) is 52.7 Å². The minimum Gasteiger partial charge on any atom is -0.458 e. The summed E-state index contributed by atoms with van der Waals surface area (Å²) in [5.74, 6) is -2.35. The van der Waals surface area contributed by atoms with Gasteiger partial charge in [-0.15, -0.1) is 0 Å². The second-order valence-corrected chi connectivity index (χ2v) is 12.7. The first-order valence-electron chi connectivity index (χ1n) is 15.7. The van der Waals surface area contributed by atoms with Gasteiger partial charge in [-0.05, 0) is 72.7 Å². The van der Waals surface area contributed by atoms with E-state index in [1.165, 1.54) is 6.08 Å². The maximum absolute atomic E-state index is 13.4. The molecule has 5 atom stereocenters. The second-order valence-electron chi connectivity index (χ2n) is 11.8. The van der Waals surface area contributed by atoms with Gasteiger partial charge in [0.2, 0.25) is 17.6 Å². The Kier molecular flexibility index (Phi) is 10.8. The molecular weight excluding hydrogens is 654 g/mol. The number of amides is 3. The van der Waals surface area contributed by atoms with Crippen LogP contribution in [0, 0.1) is 17.8 Å². The number of rotatable bonds is 13. The highest BCUT2D eigenvalue weighted by Gasteiger charge is 2.59. The summed E-state index contributed by atoms with van der Waals surface area (Å²) in [4.78, 5) is 51.0. The van der Waals surface area contributed by atoms with Gasteiger partial charge >= 0.3 is 0 Å². The Hall–Kier alpha value is -3.80. The zero-order chi connectivity index (χ0) is 32.8. The maximum Gasteiger partial charge on any atom is 0.251 e. The Morgan fingerprint density at radius 1 is 1.09 bits per heavy atom. The number of ketones is 1. The zero-order valence-electron chi connectivity index (χ0n) is 26.0. The minimum absolute atomic E-state index is 0.0173. The summed E-state index contributed by atoms with van der Waals surface area (Å²) < 4.78 is 13.5. The largest absolute Gasteiger partial charge is 0.458 e. The average Bonchev–Trinajstić information content (AvgIpc) is 3.07. The standard InChI is InChI=1S/C35H40BrN3O7/c1-3-24-21(8-6-10-30(42)38-20-31(43)37-15-16-40)17-25-28(41)13-14-35(45-2)33(25)32(24)26-18-22(11-12-29(26)46-35)34(44)39-19-23-7-4-5-9-27(23)36/h4-5,7,9,11-14,17-18,24-25,32-33,40H,3,6,8,10,15-16,19-20H2,1-2H3,(H,37,43)(H,38,42)(H,39,44). The molecule has 11 heteroatoms. The number of benzene rings is 2. The van der Waals surface area contributed by atoms with Gasteiger partial charge in [0.1, 0.15) is 5.75 Å². The van der Waals surface area contributed by atoms with Crippen LogP contribution in [0.1, 0.15) is 60.0 Å². The molecule has 1 aliphatic heterocycles. The summed E-state index contributed by atoms with van der Waals surface area (Å²) in [5.41, 5.74) is 3.42. The second kappa shape index (κ2) is 14.7. The van der Waals surface area contributed by atoms with E-state index in [0.717, 1.165) is 27.6 Å². The first kappa shape index (κ1) is 33.6. The number of hydrogen-bond donors (Lipinski definition) is 4. The number of ether oxygens (including phenoxy) is 2. The molecule has 5 rings (SSSR count). The van der Waals surface area contributed by atoms with Crippen LogP contribution in [0.4, 0.5) is 0 Å². The number of carbonyl (C=O) groups excluding carboxylic acids is 4. The number of nitrogens with one attached hydrogen (secondary N) is 3. The normalized spacial score (nSPS) is 24.2. The van der Waals surface area contributed by atoms with Crippen LogP contribution in [0.25, 0.3) is 0 Å². The first-order chi connectivity index (χ1) is 22.2. The van der Waals surface area contributed by atoms with Crippen molar-refractivity contribution in [2.24, 2.45) is 17.8 Å². The van der Waals surface area contributed by atoms with Crippen molar-refractivity contribution in [1.82, 2.24) is 16.0 Å². The first-order valence-corrected chi connectivity index (χ1v) is 16.5. The minimum atomic E-state index is -1.13. The number of hydrogen-bond acceptors (Lipinski definition) is 7. The Labute approximate surface area is 277 Å². The van der Waals surface area contributed by atoms with Crippen LogP contribution >= 0.6 is 15.9 Å². The van der Waals surface area contributed by atoms with Crippen LogP contribution in [0.3, 0.4) is 0 Å². The molecule has 0 spiro atoms. The molecule has 2 aromatic carbocycles. The van der Waals surface area contributed by atoms with Crippen LogP contribution in [-0.2, 0) is 25.7 Å². The summed E-state index contributed by atoms with van der Waals surface area (Å²) in [6.07, 6.45) is 7.42. The SMILES string of the molecule is CCC1C(CCCC(=O)NCC(=O)NCCO)=CC2C(=O)C=CC3(OC)Oc4ccc(C(=O)NCc5ccccc5Br)cc4C1C23. The summed E-state index contributed by atoms with van der Waals surface area (Å²) in [5, 5.41) is 17.0. The monoisotopic (exact) mass is 693 g/mol. The Balaban J connectivity index is 1.38. The molecule has 0 radical (unpaired) electrons. The van der Waals surface area contributed by atoms with E-state index in [0.29, 0.717) is 30.7 Å². The van der Waals surface area contributed by atoms with Crippen molar-refractivity contribution in [1.29, 1.82) is 0 Å². The molecule has 244 valence electrons. The van der Waals surface area contributed by atoms with E-state index in [1.54, 1.807) is 19.3 Å². The third kappa shape index (κ3) is 6.96. The number of halogens is 1. The van der Waals surface area contributed by atoms with Crippen LogP contribution < -0.4 is 20.7 Å². The quantitative estimate of drug-likeness (QED) is 0.233. The highest BCUT2D eigenvalue weighted by molar-refractivity contribution is 9.10. The third-order valence-corrected chi connectivity index (χ3v) is 9.93. The van der Waals surface area contributed by atoms with Gasteiger partial charge in [0.05, 0.1) is 19.1 Å². The summed E-state index contributed by atoms with van der Waals surface area (Å²) in [7, 11) is 1.59. The lowest BCUT2D eigenvalue weighted by Gasteiger charge is -2.54. The number of methoxy groups -OCH3 is 1. The molecule has 0 aromatic heterocycles. The molecule has 0 saturated carbocycles. The van der Waals surface area contributed by atoms with Crippen molar-refractivity contribution < 1.29 is 33.8 Å². The number of aliphatic hydroxyl groups excluding tert-OH is 1. The molecule has 0 bridgehead atoms. The smallest absolute Gasteiger partial charge is 0.251 e. The topological polar surface area (TPSA) is 143 Å². The van der Waals surface area contributed by atoms with Crippen LogP contribution in [0.15, 0.2) is 70.7 Å². The fourth-order valence-electron chi connectivity index (χ4n) is 7.00. The average molecular weight is 695 g/mol. The predicted molar refractivity (Wildman–Crippen MR) is 175 cm³/mol. The Morgan fingerprint density at radius 3 is 2.63 bits per heavy atom. The predicted octanol–water partition coefficient (Wildman–Crippen LogP) is 3.93. The molecule has 5 unspecified atom stereocenters. The lowest BCUT2D eigenvalue weighted by molar-refractivity contribution is -0.198. The molecule has 2 aliphatic carbocycles. The molecular formula is C35H40BrN3O7. The van der Waals surface area contributed by atoms with Crippen LogP contribution in [-0.4, -0.2) is 61.2 Å². The lowest BCUT2D eigenvalue weighted by Crippen LogP contribution is -2.58. The highest BCUT2D eigenvalue weighted by Crippen LogP contribution is 2.59. The number of allylic oxidation sites excluding steroid dienone is 3. The number of aliphatic hydroxyl groups is 1. The fourth-order valence-corrected chi connectivity index (χ4v) is 7.42. The van der Waals surface area contributed by atoms with Crippen molar-refractivity contribution in [2.45, 2.75) is 50.9 Å². The zero-order valence-corrected chi connectivity index (χ0v) is 27.6. The summed E-state index contributed by atoms with van der Waals surface area (Å²) in [6.45, 7) is 2.28. The van der Waals surface area contributed by atoms with Crippen molar-refractivity contribution in [3.63, 3.8) is 0 Å². The summed E-state index contributed by atoms with van der Waals surface area (Å²) >= 11 is 3.53. The van der Waals surface area contributed by atoms with Gasteiger partial charge < -0.3 is 30.5 Å². The molecule has 46 heavy (non-hydrogen) atoms. The van der Waals surface area contributed by atoms with Crippen molar-refractivity contribution >= 4 is 39.4 Å². The van der Waals surface area contributed by atoms with E-state index in [-0.39, 0.29) is 67.4 Å². The fraction of sp³-hybridized carbons (Fsp3) is 0.429. The van der Waals surface area contributed by atoms with Crippen molar-refractivity contribution in [3.05, 3.63) is 87.4 Å². The van der Waals surface area contributed by atoms with Gasteiger partial charge in [0.15, 0.2) is 5.78 Å². The molecule has 3 aliphatic rings. The summed E-state index contributed by atoms with van der Waals surface area (Å²) in [6, 6.07) is 13.2. The van der Waals surface area contributed by atoms with Gasteiger partial charge in [-0.3, -0.25) is 19.2 Å². The highest BCUT2D eigenvalue weighted by atomic mass is 79.9. The molecule has 0 saturated heterocycles. The van der Waals surface area contributed by atoms with Gasteiger partial charge in [-0.2, -0.15) is 0 Å². The van der Waals surface area contributed by atoms with Crippen molar-refractivity contribution in [3.8, 4) is 5.75 Å². The molecule has 2 aromatic rings. The maximum atomic E-state index is 13.4. The van der Waals surface area contributed by atoms with E-state index in [2.05, 4.69) is 38.8 Å². The van der Waals surface area contributed by atoms with E-state index in [1.807, 2.05) is 42.5 Å². The molecule has 3 amide bonds. The Bertz CT molecular complexity index is 1560. The molecule has 4 N–H and O–H groups in total. The van der Waals surface area contributed by atoms with E-state index in [4.69, 9.17) is 14.6 Å². The van der Waals surface area contributed by atoms with Crippen molar-refractivity contribution in [2.75, 3.05) is 26.8 Å². The van der Waals surface area contributed by atoms with Crippen LogP contribution in [0.5, 0.6) is 5.75 Å². The van der Waals surface area contributed by atoms with E-state index >= 15 is 0 Å². The van der Waals surface area contributed by atoms with Gasteiger partial charge in [0.25, 0.3) is 5.91 Å². The van der Waals surface area contributed by atoms with Crippen LogP contribution in [0.2, 0.25) is 0 Å². The van der Waals surface area contributed by atoms with Gasteiger partial charge in [0, 0.05) is 48.5 Å². The number of carbonyl (C=O) groups is 4. The third-order valence-electron chi connectivity index (χ3n) is 9.16. The molecule has 1 heterocycles. The molecule has 0 fully saturated rings. The Morgan fingerprint density at radius 2 is 1.89 bits per heavy atom. The van der Waals surface area contributed by atoms with Gasteiger partial charge in [-0.25, -0.2) is 0 Å². The molecule has 10 nitrogen and oxygen atoms in total. The lowest BCUT2D eigenvalue weighted by atomic mass is 9.57. The van der Waals surface area contributed by atoms with E-state index in [9.17, 15) is 19.2 Å². The number of fused-ring (bicyclic) bond motifs is 2.